The highest BCUT2D eigenvalue weighted by Gasteiger charge is 2.47. The van der Waals surface area contributed by atoms with Crippen molar-refractivity contribution in [3.05, 3.63) is 34.5 Å². The molecule has 3 rings (SSSR count). The molecule has 7 nitrogen and oxygen atoms in total. The number of aliphatic imine (C=N–C) groups is 1. The molecule has 0 bridgehead atoms. The van der Waals surface area contributed by atoms with Gasteiger partial charge in [0.2, 0.25) is 0 Å². The number of hydrogen-bond donors (Lipinski definition) is 1. The van der Waals surface area contributed by atoms with Crippen LogP contribution in [0.2, 0.25) is 0 Å². The van der Waals surface area contributed by atoms with Gasteiger partial charge in [0.15, 0.2) is 12.3 Å². The first kappa shape index (κ1) is 21.5. The number of amides is 1. The molecule has 2 aliphatic rings. The van der Waals surface area contributed by atoms with Crippen LogP contribution in [0.15, 0.2) is 23.2 Å². The standard InChI is InChI=1S/C20H26FN3O4S/c1-19(2,3)28-18(25)22-17-23-20(10-6-5-7-13(20)12-29-17)15-11-14(24(26)27-4)8-9-16(15)21/h8-9,11,13H,5-7,10,12H2,1-4H3/p+1. The fourth-order valence-electron chi connectivity index (χ4n) is 3.92. The van der Waals surface area contributed by atoms with Crippen LogP contribution in [0.5, 0.6) is 0 Å². The van der Waals surface area contributed by atoms with Crippen LogP contribution in [0.1, 0.15) is 52.0 Å². The minimum absolute atomic E-state index is 0.109. The summed E-state index contributed by atoms with van der Waals surface area (Å²) >= 11 is 1.44. The summed E-state index contributed by atoms with van der Waals surface area (Å²) in [6, 6.07) is 4.16. The lowest BCUT2D eigenvalue weighted by Gasteiger charge is -2.44. The molecule has 1 heterocycles. The van der Waals surface area contributed by atoms with Gasteiger partial charge in [-0.25, -0.2) is 14.0 Å². The van der Waals surface area contributed by atoms with Crippen molar-refractivity contribution in [2.75, 3.05) is 12.9 Å². The monoisotopic (exact) mass is 424 g/mol. The molecule has 0 saturated heterocycles. The number of alkyl carbamates (subject to hydrolysis) is 1. The maximum absolute atomic E-state index is 14.9. The molecule has 0 spiro atoms. The lowest BCUT2D eigenvalue weighted by Crippen LogP contribution is -2.45. The summed E-state index contributed by atoms with van der Waals surface area (Å²) < 4.78 is 20.3. The van der Waals surface area contributed by atoms with Crippen LogP contribution in [-0.2, 0) is 15.1 Å². The molecule has 1 aromatic carbocycles. The van der Waals surface area contributed by atoms with E-state index in [1.165, 1.54) is 37.1 Å². The zero-order valence-electron chi connectivity index (χ0n) is 17.2. The second-order valence-electron chi connectivity index (χ2n) is 8.33. The Labute approximate surface area is 174 Å². The van der Waals surface area contributed by atoms with E-state index in [0.29, 0.717) is 27.8 Å². The zero-order chi connectivity index (χ0) is 21.2. The second kappa shape index (κ2) is 8.30. The Bertz CT molecular complexity index is 840. The average molecular weight is 425 g/mol. The van der Waals surface area contributed by atoms with Gasteiger partial charge >= 0.3 is 11.8 Å². The van der Waals surface area contributed by atoms with Crippen LogP contribution >= 0.6 is 11.8 Å². The van der Waals surface area contributed by atoms with Gasteiger partial charge in [-0.2, -0.15) is 0 Å². The number of nitrogens with one attached hydrogen (secondary N) is 1. The third kappa shape index (κ3) is 4.71. The third-order valence-electron chi connectivity index (χ3n) is 5.16. The van der Waals surface area contributed by atoms with Gasteiger partial charge in [-0.3, -0.25) is 10.3 Å². The molecule has 1 N–H and O–H groups in total. The summed E-state index contributed by atoms with van der Waals surface area (Å²) in [5.41, 5.74) is -0.894. The second-order valence-corrected chi connectivity index (χ2v) is 9.33. The average Bonchev–Trinajstić information content (AvgIpc) is 2.65. The lowest BCUT2D eigenvalue weighted by atomic mass is 9.69. The Balaban J connectivity index is 2.00. The van der Waals surface area contributed by atoms with Crippen molar-refractivity contribution in [3.8, 4) is 0 Å². The molecule has 1 fully saturated rings. The quantitative estimate of drug-likeness (QED) is 0.705. The predicted octanol–water partition coefficient (Wildman–Crippen LogP) is 4.81. The number of halogens is 1. The number of nitrogens with zero attached hydrogens (tertiary/aromatic N) is 2. The fourth-order valence-corrected chi connectivity index (χ4v) is 5.11. The first-order chi connectivity index (χ1) is 13.6. The van der Waals surface area contributed by atoms with Gasteiger partial charge in [-0.1, -0.05) is 24.6 Å². The fraction of sp³-hybridized carbons (Fsp3) is 0.600. The zero-order valence-corrected chi connectivity index (χ0v) is 18.0. The lowest BCUT2D eigenvalue weighted by molar-refractivity contribution is -0.736. The third-order valence-corrected chi connectivity index (χ3v) is 6.19. The van der Waals surface area contributed by atoms with E-state index < -0.39 is 23.1 Å². The van der Waals surface area contributed by atoms with Crippen molar-refractivity contribution in [2.45, 2.75) is 57.6 Å². The maximum Gasteiger partial charge on any atom is 0.413 e. The van der Waals surface area contributed by atoms with Crippen LogP contribution in [-0.4, -0.2) is 34.6 Å². The van der Waals surface area contributed by atoms with Crippen molar-refractivity contribution < 1.29 is 23.7 Å². The number of hydrogen-bond acceptors (Lipinski definition) is 6. The molecule has 1 aliphatic carbocycles. The molecule has 0 radical (unpaired) electrons. The first-order valence-corrected chi connectivity index (χ1v) is 10.7. The van der Waals surface area contributed by atoms with E-state index in [2.05, 4.69) is 5.32 Å². The molecule has 29 heavy (non-hydrogen) atoms. The number of rotatable bonds is 3. The summed E-state index contributed by atoms with van der Waals surface area (Å²) in [5.74, 6) is 0.388. The summed E-state index contributed by atoms with van der Waals surface area (Å²) in [5, 5.41) is 3.11. The minimum atomic E-state index is -0.831. The largest absolute Gasteiger partial charge is 0.444 e. The molecule has 0 aromatic heterocycles. The van der Waals surface area contributed by atoms with Crippen molar-refractivity contribution in [2.24, 2.45) is 10.9 Å². The maximum atomic E-state index is 14.9. The van der Waals surface area contributed by atoms with Crippen molar-refractivity contribution in [1.82, 2.24) is 5.32 Å². The summed E-state index contributed by atoms with van der Waals surface area (Å²) in [6.45, 7) is 5.35. The molecular weight excluding hydrogens is 397 g/mol. The van der Waals surface area contributed by atoms with Gasteiger partial charge in [0.1, 0.15) is 11.4 Å². The van der Waals surface area contributed by atoms with Crippen LogP contribution in [0.25, 0.3) is 0 Å². The van der Waals surface area contributed by atoms with Crippen molar-refractivity contribution >= 4 is 28.7 Å². The molecule has 1 aliphatic heterocycles. The molecule has 1 aromatic rings. The Hall–Kier alpha value is -2.16. The van der Waals surface area contributed by atoms with E-state index >= 15 is 0 Å². The van der Waals surface area contributed by atoms with Crippen molar-refractivity contribution in [3.63, 3.8) is 0 Å². The highest BCUT2D eigenvalue weighted by Crippen LogP contribution is 2.50. The molecule has 2 unspecified atom stereocenters. The first-order valence-electron chi connectivity index (χ1n) is 9.69. The van der Waals surface area contributed by atoms with E-state index in [-0.39, 0.29) is 11.6 Å². The number of carbonyl (C=O) groups excluding carboxylic acids is 1. The molecular formula is C20H27FN3O4S+. The Morgan fingerprint density at radius 3 is 2.83 bits per heavy atom. The molecule has 1 amide bonds. The Morgan fingerprint density at radius 1 is 1.38 bits per heavy atom. The Morgan fingerprint density at radius 2 is 2.14 bits per heavy atom. The number of benzene rings is 1. The van der Waals surface area contributed by atoms with E-state index in [0.717, 1.165) is 19.3 Å². The highest BCUT2D eigenvalue weighted by molar-refractivity contribution is 8.13. The van der Waals surface area contributed by atoms with Crippen LogP contribution in [0.4, 0.5) is 14.9 Å². The van der Waals surface area contributed by atoms with Gasteiger partial charge in [0.25, 0.3) is 4.92 Å². The van der Waals surface area contributed by atoms with Crippen molar-refractivity contribution in [1.29, 1.82) is 0 Å². The highest BCUT2D eigenvalue weighted by atomic mass is 32.2. The predicted molar refractivity (Wildman–Crippen MR) is 110 cm³/mol. The van der Waals surface area contributed by atoms with E-state index in [4.69, 9.17) is 14.6 Å². The van der Waals surface area contributed by atoms with Gasteiger partial charge < -0.3 is 4.74 Å². The minimum Gasteiger partial charge on any atom is -0.444 e. The normalized spacial score (nSPS) is 24.2. The number of ether oxygens (including phenoxy) is 1. The van der Waals surface area contributed by atoms with Gasteiger partial charge in [-0.05, 0) is 45.6 Å². The Kier molecular flexibility index (Phi) is 6.16. The SMILES string of the molecule is CO[N+](=O)c1ccc(F)c(C23CCCCC2CSC(NC(=O)OC(C)(C)C)=N3)c1. The number of fused-ring (bicyclic) bond motifs is 1. The molecule has 1 saturated carbocycles. The van der Waals surface area contributed by atoms with Crippen LogP contribution in [0, 0.1) is 16.6 Å². The summed E-state index contributed by atoms with van der Waals surface area (Å²) in [6.07, 6.45) is 2.89. The number of amidine groups is 1. The van der Waals surface area contributed by atoms with Crippen LogP contribution < -0.4 is 5.32 Å². The van der Waals surface area contributed by atoms with E-state index in [1.807, 2.05) is 0 Å². The van der Waals surface area contributed by atoms with Gasteiger partial charge in [0.05, 0.1) is 10.4 Å². The smallest absolute Gasteiger partial charge is 0.413 e. The van der Waals surface area contributed by atoms with Gasteiger partial charge in [-0.15, -0.1) is 0 Å². The van der Waals surface area contributed by atoms with Gasteiger partial charge in [0, 0.05) is 23.4 Å². The number of thioether (sulfide) groups is 1. The summed E-state index contributed by atoms with van der Waals surface area (Å²) in [4.78, 5) is 34.0. The molecule has 9 heteroatoms. The molecule has 2 atom stereocenters. The topological polar surface area (TPSA) is 80.0 Å². The molecule has 158 valence electrons. The van der Waals surface area contributed by atoms with E-state index in [9.17, 15) is 14.1 Å². The number of carbonyl (C=O) groups is 1. The van der Waals surface area contributed by atoms with Crippen LogP contribution in [0.3, 0.4) is 0 Å². The summed E-state index contributed by atoms with van der Waals surface area (Å²) in [7, 11) is 1.26. The van der Waals surface area contributed by atoms with E-state index in [1.54, 1.807) is 20.8 Å².